The van der Waals surface area contributed by atoms with Crippen LogP contribution >= 0.6 is 0 Å². The van der Waals surface area contributed by atoms with E-state index in [-0.39, 0.29) is 5.56 Å². The summed E-state index contributed by atoms with van der Waals surface area (Å²) in [7, 11) is 0. The molecule has 2 rings (SSSR count). The first-order valence-electron chi connectivity index (χ1n) is 6.01. The van der Waals surface area contributed by atoms with Crippen molar-refractivity contribution in [1.82, 2.24) is 14.9 Å². The molecule has 0 spiro atoms. The fraction of sp³-hybridized carbons (Fsp3) is 0.667. The molecular formula is C12H19N3O. The molecule has 0 saturated carbocycles. The highest BCUT2D eigenvalue weighted by atomic mass is 16.1. The zero-order chi connectivity index (χ0) is 11.5. The van der Waals surface area contributed by atoms with Crippen LogP contribution in [-0.4, -0.2) is 28.0 Å². The van der Waals surface area contributed by atoms with E-state index in [1.165, 1.54) is 12.8 Å². The Morgan fingerprint density at radius 3 is 3.06 bits per heavy atom. The molecule has 0 saturated heterocycles. The second-order valence-electron chi connectivity index (χ2n) is 4.46. The van der Waals surface area contributed by atoms with Gasteiger partial charge in [-0.15, -0.1) is 0 Å². The molecule has 0 aromatic carbocycles. The van der Waals surface area contributed by atoms with Crippen LogP contribution in [0.1, 0.15) is 36.8 Å². The fourth-order valence-corrected chi connectivity index (χ4v) is 2.19. The lowest BCUT2D eigenvalue weighted by Crippen LogP contribution is -2.36. The Labute approximate surface area is 95.7 Å². The summed E-state index contributed by atoms with van der Waals surface area (Å²) in [5, 5.41) is 0. The Bertz CT molecular complexity index is 425. The molecule has 1 N–H and O–H groups in total. The number of rotatable bonds is 3. The lowest BCUT2D eigenvalue weighted by atomic mass is 10.1. The number of nitrogens with zero attached hydrogens (tertiary/aromatic N) is 2. The zero-order valence-corrected chi connectivity index (χ0v) is 10.0. The summed E-state index contributed by atoms with van der Waals surface area (Å²) >= 11 is 0. The highest BCUT2D eigenvalue weighted by molar-refractivity contribution is 5.20. The second-order valence-corrected chi connectivity index (χ2v) is 4.46. The van der Waals surface area contributed by atoms with E-state index in [1.807, 2.05) is 6.92 Å². The molecule has 1 aliphatic rings. The van der Waals surface area contributed by atoms with Gasteiger partial charge in [-0.25, -0.2) is 4.98 Å². The van der Waals surface area contributed by atoms with Crippen molar-refractivity contribution in [3.05, 3.63) is 27.4 Å². The summed E-state index contributed by atoms with van der Waals surface area (Å²) in [5.41, 5.74) is 1.92. The van der Waals surface area contributed by atoms with Crippen molar-refractivity contribution >= 4 is 0 Å². The third-order valence-electron chi connectivity index (χ3n) is 3.10. The number of fused-ring (bicyclic) bond motifs is 1. The van der Waals surface area contributed by atoms with E-state index in [0.29, 0.717) is 0 Å². The molecule has 0 bridgehead atoms. The minimum atomic E-state index is 0.0534. The van der Waals surface area contributed by atoms with Crippen LogP contribution in [0.4, 0.5) is 0 Å². The van der Waals surface area contributed by atoms with Gasteiger partial charge in [0.2, 0.25) is 0 Å². The summed E-state index contributed by atoms with van der Waals surface area (Å²) in [4.78, 5) is 21.3. The standard InChI is InChI=1S/C12H19N3O/c1-3-4-6-15-7-5-10-11(8-15)13-9(2)14-12(10)16/h3-8H2,1-2H3,(H,13,14,16). The Morgan fingerprint density at radius 1 is 1.50 bits per heavy atom. The average Bonchev–Trinajstić information content (AvgIpc) is 2.25. The van der Waals surface area contributed by atoms with E-state index in [1.54, 1.807) is 0 Å². The van der Waals surface area contributed by atoms with Gasteiger partial charge in [0.25, 0.3) is 5.56 Å². The zero-order valence-electron chi connectivity index (χ0n) is 10.0. The van der Waals surface area contributed by atoms with Crippen molar-refractivity contribution in [3.63, 3.8) is 0 Å². The Morgan fingerprint density at radius 2 is 2.31 bits per heavy atom. The van der Waals surface area contributed by atoms with Crippen LogP contribution in [0.25, 0.3) is 0 Å². The van der Waals surface area contributed by atoms with Crippen molar-refractivity contribution in [2.24, 2.45) is 0 Å². The van der Waals surface area contributed by atoms with Gasteiger partial charge in [0.05, 0.1) is 5.69 Å². The molecule has 4 heteroatoms. The average molecular weight is 221 g/mol. The number of aryl methyl sites for hydroxylation is 1. The van der Waals surface area contributed by atoms with E-state index in [4.69, 9.17) is 0 Å². The Balaban J connectivity index is 2.17. The Kier molecular flexibility index (Phi) is 3.39. The topological polar surface area (TPSA) is 49.0 Å². The Hall–Kier alpha value is -1.16. The van der Waals surface area contributed by atoms with Crippen LogP contribution in [-0.2, 0) is 13.0 Å². The van der Waals surface area contributed by atoms with E-state index in [2.05, 4.69) is 21.8 Å². The summed E-state index contributed by atoms with van der Waals surface area (Å²) in [6.45, 7) is 6.97. The molecule has 1 aliphatic heterocycles. The molecule has 1 aromatic rings. The van der Waals surface area contributed by atoms with Gasteiger partial charge in [0, 0.05) is 18.7 Å². The molecule has 4 nitrogen and oxygen atoms in total. The number of hydrogen-bond acceptors (Lipinski definition) is 3. The van der Waals surface area contributed by atoms with Gasteiger partial charge < -0.3 is 4.98 Å². The number of aromatic nitrogens is 2. The quantitative estimate of drug-likeness (QED) is 0.835. The first-order valence-corrected chi connectivity index (χ1v) is 6.01. The van der Waals surface area contributed by atoms with Gasteiger partial charge in [-0.05, 0) is 26.3 Å². The molecule has 0 atom stereocenters. The SMILES string of the molecule is CCCCN1CCc2c(nc(C)[nH]c2=O)C1. The van der Waals surface area contributed by atoms with Crippen molar-refractivity contribution in [2.75, 3.05) is 13.1 Å². The number of nitrogens with one attached hydrogen (secondary N) is 1. The molecule has 0 aliphatic carbocycles. The van der Waals surface area contributed by atoms with Crippen LogP contribution in [0.5, 0.6) is 0 Å². The smallest absolute Gasteiger partial charge is 0.254 e. The van der Waals surface area contributed by atoms with Crippen LogP contribution < -0.4 is 5.56 Å². The van der Waals surface area contributed by atoms with Gasteiger partial charge in [-0.3, -0.25) is 9.69 Å². The molecular weight excluding hydrogens is 202 g/mol. The first kappa shape index (κ1) is 11.3. The predicted molar refractivity (Wildman–Crippen MR) is 63.5 cm³/mol. The maximum Gasteiger partial charge on any atom is 0.254 e. The highest BCUT2D eigenvalue weighted by Crippen LogP contribution is 2.13. The maximum atomic E-state index is 11.7. The lowest BCUT2D eigenvalue weighted by Gasteiger charge is -2.27. The van der Waals surface area contributed by atoms with Crippen molar-refractivity contribution < 1.29 is 0 Å². The van der Waals surface area contributed by atoms with Gasteiger partial charge in [0.1, 0.15) is 5.82 Å². The molecule has 0 fully saturated rings. The number of hydrogen-bond donors (Lipinski definition) is 1. The van der Waals surface area contributed by atoms with Crippen molar-refractivity contribution in [3.8, 4) is 0 Å². The van der Waals surface area contributed by atoms with Crippen LogP contribution in [0.3, 0.4) is 0 Å². The molecule has 1 aromatic heterocycles. The fourth-order valence-electron chi connectivity index (χ4n) is 2.19. The van der Waals surface area contributed by atoms with Crippen molar-refractivity contribution in [2.45, 2.75) is 39.7 Å². The largest absolute Gasteiger partial charge is 0.311 e. The van der Waals surface area contributed by atoms with Crippen LogP contribution in [0, 0.1) is 6.92 Å². The molecule has 0 amide bonds. The minimum absolute atomic E-state index is 0.0534. The van der Waals surface area contributed by atoms with E-state index >= 15 is 0 Å². The molecule has 0 unspecified atom stereocenters. The van der Waals surface area contributed by atoms with Gasteiger partial charge in [0.15, 0.2) is 0 Å². The number of H-pyrrole nitrogens is 1. The van der Waals surface area contributed by atoms with Gasteiger partial charge in [-0.1, -0.05) is 13.3 Å². The third kappa shape index (κ3) is 2.32. The first-order chi connectivity index (χ1) is 7.70. The van der Waals surface area contributed by atoms with E-state index in [0.717, 1.165) is 43.1 Å². The molecule has 88 valence electrons. The van der Waals surface area contributed by atoms with Crippen LogP contribution in [0.2, 0.25) is 0 Å². The summed E-state index contributed by atoms with van der Waals surface area (Å²) in [5.74, 6) is 0.723. The highest BCUT2D eigenvalue weighted by Gasteiger charge is 2.19. The van der Waals surface area contributed by atoms with E-state index < -0.39 is 0 Å². The normalized spacial score (nSPS) is 16.1. The monoisotopic (exact) mass is 221 g/mol. The van der Waals surface area contributed by atoms with Crippen molar-refractivity contribution in [1.29, 1.82) is 0 Å². The molecule has 16 heavy (non-hydrogen) atoms. The van der Waals surface area contributed by atoms with Gasteiger partial charge in [-0.2, -0.15) is 0 Å². The van der Waals surface area contributed by atoms with E-state index in [9.17, 15) is 4.79 Å². The molecule has 0 radical (unpaired) electrons. The predicted octanol–water partition coefficient (Wildman–Crippen LogP) is 1.24. The maximum absolute atomic E-state index is 11.7. The summed E-state index contributed by atoms with van der Waals surface area (Å²) in [6, 6.07) is 0. The van der Waals surface area contributed by atoms with Crippen LogP contribution in [0.15, 0.2) is 4.79 Å². The third-order valence-corrected chi connectivity index (χ3v) is 3.10. The minimum Gasteiger partial charge on any atom is -0.311 e. The lowest BCUT2D eigenvalue weighted by molar-refractivity contribution is 0.245. The van der Waals surface area contributed by atoms with Gasteiger partial charge >= 0.3 is 0 Å². The number of aromatic amines is 1. The number of unbranched alkanes of at least 4 members (excludes halogenated alkanes) is 1. The molecule has 2 heterocycles. The summed E-state index contributed by atoms with van der Waals surface area (Å²) < 4.78 is 0. The second kappa shape index (κ2) is 4.78. The summed E-state index contributed by atoms with van der Waals surface area (Å²) in [6.07, 6.45) is 3.27.